The molecule has 0 spiro atoms. The lowest BCUT2D eigenvalue weighted by atomic mass is 10.0. The average molecular weight is 226 g/mol. The van der Waals surface area contributed by atoms with Crippen LogP contribution in [-0.4, -0.2) is 53.0 Å². The van der Waals surface area contributed by atoms with Crippen LogP contribution < -0.4 is 10.9 Å². The van der Waals surface area contributed by atoms with Crippen molar-refractivity contribution >= 4 is 11.8 Å². The van der Waals surface area contributed by atoms with Gasteiger partial charge in [0, 0.05) is 19.6 Å². The minimum atomic E-state index is -0.950. The van der Waals surface area contributed by atoms with Gasteiger partial charge >= 0.3 is 0 Å². The molecule has 16 heavy (non-hydrogen) atoms. The Morgan fingerprint density at radius 2 is 2.06 bits per heavy atom. The van der Waals surface area contributed by atoms with E-state index in [4.69, 9.17) is 0 Å². The highest BCUT2D eigenvalue weighted by atomic mass is 16.2. The van der Waals surface area contributed by atoms with Crippen molar-refractivity contribution in [2.45, 2.75) is 32.5 Å². The summed E-state index contributed by atoms with van der Waals surface area (Å²) in [5.41, 5.74) is 4.97. The fraction of sp³-hybridized carbons (Fsp3) is 0.800. The van der Waals surface area contributed by atoms with Gasteiger partial charge in [0.15, 0.2) is 5.66 Å². The standard InChI is InChI=1S/C10H18N4O2/c1-4-13-7-6-11-12-10(3,9(13)16)14(5-2)8(7)15/h7,11-12H,4-6H2,1-3H3. The first kappa shape index (κ1) is 11.3. The normalized spacial score (nSPS) is 34.6. The summed E-state index contributed by atoms with van der Waals surface area (Å²) in [7, 11) is 0. The quantitative estimate of drug-likeness (QED) is 0.626. The van der Waals surface area contributed by atoms with E-state index in [1.54, 1.807) is 16.7 Å². The van der Waals surface area contributed by atoms with Crippen molar-refractivity contribution in [2.24, 2.45) is 0 Å². The monoisotopic (exact) mass is 226 g/mol. The van der Waals surface area contributed by atoms with Gasteiger partial charge in [-0.2, -0.15) is 0 Å². The Labute approximate surface area is 94.9 Å². The summed E-state index contributed by atoms with van der Waals surface area (Å²) in [5, 5.41) is 0. The minimum absolute atomic E-state index is 0.0175. The van der Waals surface area contributed by atoms with E-state index in [1.165, 1.54) is 0 Å². The van der Waals surface area contributed by atoms with Gasteiger partial charge in [0.05, 0.1) is 0 Å². The lowest BCUT2D eigenvalue weighted by molar-refractivity contribution is -0.168. The molecule has 2 unspecified atom stereocenters. The van der Waals surface area contributed by atoms with Crippen LogP contribution >= 0.6 is 0 Å². The number of hydrogen-bond acceptors (Lipinski definition) is 4. The van der Waals surface area contributed by atoms with Gasteiger partial charge in [0.1, 0.15) is 6.04 Å². The van der Waals surface area contributed by atoms with Crippen LogP contribution in [0.5, 0.6) is 0 Å². The predicted octanol–water partition coefficient (Wildman–Crippen LogP) is -1.11. The van der Waals surface area contributed by atoms with E-state index >= 15 is 0 Å². The van der Waals surface area contributed by atoms with Gasteiger partial charge in [-0.15, -0.1) is 0 Å². The molecule has 0 saturated carbocycles. The number of fused-ring (bicyclic) bond motifs is 4. The number of amides is 2. The first-order valence-corrected chi connectivity index (χ1v) is 5.68. The van der Waals surface area contributed by atoms with Crippen LogP contribution in [0.3, 0.4) is 0 Å². The molecule has 3 aliphatic heterocycles. The van der Waals surface area contributed by atoms with Gasteiger partial charge < -0.3 is 9.80 Å². The van der Waals surface area contributed by atoms with Gasteiger partial charge in [-0.3, -0.25) is 15.0 Å². The molecule has 0 aliphatic carbocycles. The molecule has 3 saturated heterocycles. The van der Waals surface area contributed by atoms with Crippen molar-refractivity contribution in [1.29, 1.82) is 0 Å². The second-order valence-electron chi connectivity index (χ2n) is 4.27. The van der Waals surface area contributed by atoms with Gasteiger partial charge in [-0.05, 0) is 20.8 Å². The van der Waals surface area contributed by atoms with Crippen molar-refractivity contribution in [3.8, 4) is 0 Å². The smallest absolute Gasteiger partial charge is 0.265 e. The first-order chi connectivity index (χ1) is 7.56. The first-order valence-electron chi connectivity index (χ1n) is 5.68. The molecule has 3 heterocycles. The van der Waals surface area contributed by atoms with Crippen LogP contribution in [-0.2, 0) is 9.59 Å². The van der Waals surface area contributed by atoms with Gasteiger partial charge in [0.25, 0.3) is 5.91 Å². The molecular formula is C10H18N4O2. The number of carbonyl (C=O) groups excluding carboxylic acids is 2. The number of nitrogens with one attached hydrogen (secondary N) is 2. The van der Waals surface area contributed by atoms with E-state index in [0.29, 0.717) is 19.6 Å². The molecule has 2 N–H and O–H groups in total. The zero-order valence-electron chi connectivity index (χ0n) is 9.91. The van der Waals surface area contributed by atoms with Crippen molar-refractivity contribution < 1.29 is 9.59 Å². The molecule has 6 nitrogen and oxygen atoms in total. The van der Waals surface area contributed by atoms with Crippen LogP contribution in [0.15, 0.2) is 0 Å². The van der Waals surface area contributed by atoms with Gasteiger partial charge in [-0.25, -0.2) is 5.43 Å². The highest BCUT2D eigenvalue weighted by Crippen LogP contribution is 2.26. The van der Waals surface area contributed by atoms with E-state index in [-0.39, 0.29) is 17.9 Å². The number of piperazine rings is 1. The average Bonchev–Trinajstić information content (AvgIpc) is 2.46. The third-order valence-corrected chi connectivity index (χ3v) is 3.43. The topological polar surface area (TPSA) is 64.7 Å². The Kier molecular flexibility index (Phi) is 2.63. The maximum absolute atomic E-state index is 12.3. The molecule has 6 heteroatoms. The maximum atomic E-state index is 12.3. The third-order valence-electron chi connectivity index (χ3n) is 3.43. The Balaban J connectivity index is 2.46. The van der Waals surface area contributed by atoms with Crippen LogP contribution in [0, 0.1) is 0 Å². The SMILES string of the molecule is CCN1C(=O)C2(C)NNCC1C(=O)N2CC. The molecule has 3 fully saturated rings. The summed E-state index contributed by atoms with van der Waals surface area (Å²) < 4.78 is 0. The van der Waals surface area contributed by atoms with E-state index < -0.39 is 5.66 Å². The fourth-order valence-corrected chi connectivity index (χ4v) is 2.54. The Morgan fingerprint density at radius 1 is 1.38 bits per heavy atom. The minimum Gasteiger partial charge on any atom is -0.326 e. The molecule has 90 valence electrons. The second-order valence-corrected chi connectivity index (χ2v) is 4.27. The van der Waals surface area contributed by atoms with Crippen LogP contribution in [0.2, 0.25) is 0 Å². The van der Waals surface area contributed by atoms with Crippen molar-refractivity contribution in [2.75, 3.05) is 19.6 Å². The number of hydrazine groups is 1. The van der Waals surface area contributed by atoms with Crippen molar-refractivity contribution in [3.63, 3.8) is 0 Å². The predicted molar refractivity (Wildman–Crippen MR) is 58.1 cm³/mol. The number of carbonyl (C=O) groups is 2. The Morgan fingerprint density at radius 3 is 2.62 bits per heavy atom. The molecule has 0 aromatic rings. The molecule has 0 aromatic carbocycles. The third kappa shape index (κ3) is 1.26. The Bertz CT molecular complexity index is 333. The van der Waals surface area contributed by atoms with Crippen molar-refractivity contribution in [1.82, 2.24) is 20.7 Å². The highest BCUT2D eigenvalue weighted by Gasteiger charge is 2.54. The fourth-order valence-electron chi connectivity index (χ4n) is 2.54. The zero-order valence-corrected chi connectivity index (χ0v) is 9.91. The zero-order chi connectivity index (χ0) is 11.9. The molecule has 3 rings (SSSR count). The van der Waals surface area contributed by atoms with E-state index in [0.717, 1.165) is 0 Å². The van der Waals surface area contributed by atoms with Gasteiger partial charge in [-0.1, -0.05) is 0 Å². The van der Waals surface area contributed by atoms with Crippen molar-refractivity contribution in [3.05, 3.63) is 0 Å². The van der Waals surface area contributed by atoms with Crippen LogP contribution in [0.4, 0.5) is 0 Å². The summed E-state index contributed by atoms with van der Waals surface area (Å²) in [6, 6.07) is -0.375. The van der Waals surface area contributed by atoms with Gasteiger partial charge in [0.2, 0.25) is 5.91 Å². The summed E-state index contributed by atoms with van der Waals surface area (Å²) in [6.07, 6.45) is 0. The Hall–Kier alpha value is -1.14. The highest BCUT2D eigenvalue weighted by molar-refractivity contribution is 5.99. The lowest BCUT2D eigenvalue weighted by Gasteiger charge is -2.47. The summed E-state index contributed by atoms with van der Waals surface area (Å²) in [5.74, 6) is -0.0181. The number of hydrogen-bond donors (Lipinski definition) is 2. The maximum Gasteiger partial charge on any atom is 0.265 e. The second kappa shape index (κ2) is 3.71. The molecule has 0 radical (unpaired) electrons. The van der Waals surface area contributed by atoms with E-state index in [9.17, 15) is 9.59 Å². The summed E-state index contributed by atoms with van der Waals surface area (Å²) >= 11 is 0. The molecule has 2 atom stereocenters. The van der Waals surface area contributed by atoms with E-state index in [2.05, 4.69) is 10.9 Å². The lowest BCUT2D eigenvalue weighted by Crippen LogP contribution is -2.73. The molecule has 2 amide bonds. The molecule has 2 bridgehead atoms. The number of likely N-dealkylation sites (N-methyl/N-ethyl adjacent to an activating group) is 2. The van der Waals surface area contributed by atoms with Crippen LogP contribution in [0.1, 0.15) is 20.8 Å². The molecule has 0 aromatic heterocycles. The number of rotatable bonds is 2. The largest absolute Gasteiger partial charge is 0.326 e. The molecular weight excluding hydrogens is 208 g/mol. The van der Waals surface area contributed by atoms with E-state index in [1.807, 2.05) is 13.8 Å². The summed E-state index contributed by atoms with van der Waals surface area (Å²) in [6.45, 7) is 7.08. The summed E-state index contributed by atoms with van der Waals surface area (Å²) in [4.78, 5) is 27.8. The molecule has 3 aliphatic rings. The van der Waals surface area contributed by atoms with Crippen LogP contribution in [0.25, 0.3) is 0 Å². The number of nitrogens with zero attached hydrogens (tertiary/aromatic N) is 2.